The van der Waals surface area contributed by atoms with Crippen molar-refractivity contribution < 1.29 is 4.79 Å². The highest BCUT2D eigenvalue weighted by atomic mass is 32.1. The van der Waals surface area contributed by atoms with Gasteiger partial charge in [-0.05, 0) is 19.8 Å². The summed E-state index contributed by atoms with van der Waals surface area (Å²) in [5.74, 6) is 0. The maximum absolute atomic E-state index is 11.5. The molecular formula is C10H19N3OS. The zero-order chi connectivity index (χ0) is 11.3. The number of thiocarbonyl (C=S) groups is 1. The highest BCUT2D eigenvalue weighted by Gasteiger charge is 2.16. The third kappa shape index (κ3) is 4.46. The summed E-state index contributed by atoms with van der Waals surface area (Å²) in [6, 6.07) is -0.0944. The van der Waals surface area contributed by atoms with E-state index < -0.39 is 0 Å². The van der Waals surface area contributed by atoms with E-state index >= 15 is 0 Å². The van der Waals surface area contributed by atoms with Crippen molar-refractivity contribution in [2.24, 2.45) is 5.73 Å². The zero-order valence-corrected chi connectivity index (χ0v) is 9.90. The predicted molar refractivity (Wildman–Crippen MR) is 64.8 cm³/mol. The summed E-state index contributed by atoms with van der Waals surface area (Å²) in [4.78, 5) is 11.8. The van der Waals surface area contributed by atoms with Gasteiger partial charge in [0, 0.05) is 6.04 Å². The second-order valence-corrected chi connectivity index (χ2v) is 4.55. The van der Waals surface area contributed by atoms with Crippen LogP contribution >= 0.6 is 12.2 Å². The Labute approximate surface area is 96.0 Å². The zero-order valence-electron chi connectivity index (χ0n) is 9.08. The first-order valence-electron chi connectivity index (χ1n) is 5.46. The molecule has 0 heterocycles. The Morgan fingerprint density at radius 2 is 2.00 bits per heavy atom. The molecule has 1 aliphatic rings. The number of amides is 2. The number of hydrogen-bond acceptors (Lipinski definition) is 2. The van der Waals surface area contributed by atoms with Crippen molar-refractivity contribution in [3.8, 4) is 0 Å². The quantitative estimate of drug-likeness (QED) is 0.639. The molecule has 2 amide bonds. The van der Waals surface area contributed by atoms with E-state index in [0.29, 0.717) is 11.0 Å². The highest BCUT2D eigenvalue weighted by molar-refractivity contribution is 7.80. The lowest BCUT2D eigenvalue weighted by Gasteiger charge is -2.23. The number of rotatable bonds is 3. The Morgan fingerprint density at radius 1 is 1.40 bits per heavy atom. The number of carbonyl (C=O) groups is 1. The molecule has 0 aromatic rings. The highest BCUT2D eigenvalue weighted by Crippen LogP contribution is 2.17. The number of nitrogens with one attached hydrogen (secondary N) is 2. The van der Waals surface area contributed by atoms with Crippen LogP contribution in [0.15, 0.2) is 0 Å². The molecule has 0 bridgehead atoms. The summed E-state index contributed by atoms with van der Waals surface area (Å²) in [6.07, 6.45) is 5.85. The summed E-state index contributed by atoms with van der Waals surface area (Å²) >= 11 is 4.78. The van der Waals surface area contributed by atoms with Crippen LogP contribution in [0.5, 0.6) is 0 Å². The fraction of sp³-hybridized carbons (Fsp3) is 0.800. The van der Waals surface area contributed by atoms with Gasteiger partial charge in [0.25, 0.3) is 0 Å². The van der Waals surface area contributed by atoms with Crippen LogP contribution in [0.25, 0.3) is 0 Å². The number of carbonyl (C=O) groups excluding carboxylic acids is 1. The van der Waals surface area contributed by atoms with E-state index in [9.17, 15) is 4.79 Å². The second-order valence-electron chi connectivity index (χ2n) is 4.08. The molecule has 0 aromatic carbocycles. The van der Waals surface area contributed by atoms with Crippen molar-refractivity contribution in [2.75, 3.05) is 0 Å². The lowest BCUT2D eigenvalue weighted by atomic mass is 9.96. The smallest absolute Gasteiger partial charge is 0.315 e. The third-order valence-corrected chi connectivity index (χ3v) is 3.07. The Balaban J connectivity index is 2.25. The molecular weight excluding hydrogens is 210 g/mol. The van der Waals surface area contributed by atoms with Crippen LogP contribution in [-0.4, -0.2) is 23.1 Å². The molecule has 4 N–H and O–H groups in total. The molecule has 1 unspecified atom stereocenters. The van der Waals surface area contributed by atoms with Crippen molar-refractivity contribution in [1.29, 1.82) is 0 Å². The maximum atomic E-state index is 11.5. The summed E-state index contributed by atoms with van der Waals surface area (Å²) in [7, 11) is 0. The molecule has 1 atom stereocenters. The van der Waals surface area contributed by atoms with Crippen molar-refractivity contribution in [2.45, 2.75) is 51.1 Å². The Hall–Kier alpha value is -0.840. The fourth-order valence-electron chi connectivity index (χ4n) is 1.74. The Bertz CT molecular complexity index is 239. The van der Waals surface area contributed by atoms with Crippen molar-refractivity contribution in [3.05, 3.63) is 0 Å². The molecule has 1 saturated carbocycles. The molecule has 1 aliphatic carbocycles. The number of nitrogens with two attached hydrogens (primary N) is 1. The molecule has 0 aromatic heterocycles. The largest absolute Gasteiger partial charge is 0.392 e. The first-order chi connectivity index (χ1) is 7.09. The Kier molecular flexibility index (Phi) is 4.81. The van der Waals surface area contributed by atoms with Crippen molar-refractivity contribution >= 4 is 23.2 Å². The first kappa shape index (κ1) is 12.2. The molecule has 15 heavy (non-hydrogen) atoms. The summed E-state index contributed by atoms with van der Waals surface area (Å²) < 4.78 is 0. The van der Waals surface area contributed by atoms with Gasteiger partial charge in [-0.3, -0.25) is 0 Å². The monoisotopic (exact) mass is 229 g/mol. The predicted octanol–water partition coefficient (Wildman–Crippen LogP) is 1.29. The van der Waals surface area contributed by atoms with Gasteiger partial charge in [-0.2, -0.15) is 0 Å². The maximum Gasteiger partial charge on any atom is 0.315 e. The third-order valence-electron chi connectivity index (χ3n) is 2.71. The lowest BCUT2D eigenvalue weighted by Crippen LogP contribution is -2.49. The van der Waals surface area contributed by atoms with E-state index in [-0.39, 0.29) is 12.1 Å². The average molecular weight is 229 g/mol. The van der Waals surface area contributed by atoms with Crippen LogP contribution in [0.3, 0.4) is 0 Å². The Morgan fingerprint density at radius 3 is 2.53 bits per heavy atom. The SMILES string of the molecule is CC(NC(=O)NC1CCCCC1)C(N)=S. The van der Waals surface area contributed by atoms with Gasteiger partial charge in [-0.1, -0.05) is 31.5 Å². The van der Waals surface area contributed by atoms with E-state index in [1.165, 1.54) is 19.3 Å². The minimum absolute atomic E-state index is 0.165. The minimum Gasteiger partial charge on any atom is -0.392 e. The van der Waals surface area contributed by atoms with Gasteiger partial charge in [0.2, 0.25) is 0 Å². The van der Waals surface area contributed by atoms with Gasteiger partial charge < -0.3 is 16.4 Å². The van der Waals surface area contributed by atoms with E-state index in [0.717, 1.165) is 12.8 Å². The molecule has 1 fully saturated rings. The second kappa shape index (κ2) is 5.90. The van der Waals surface area contributed by atoms with Gasteiger partial charge in [-0.15, -0.1) is 0 Å². The van der Waals surface area contributed by atoms with E-state index in [4.69, 9.17) is 18.0 Å². The molecule has 0 spiro atoms. The van der Waals surface area contributed by atoms with Crippen LogP contribution in [0, 0.1) is 0 Å². The molecule has 1 rings (SSSR count). The van der Waals surface area contributed by atoms with Gasteiger partial charge in [-0.25, -0.2) is 4.79 Å². The number of urea groups is 1. The standard InChI is InChI=1S/C10H19N3OS/c1-7(9(11)15)12-10(14)13-8-5-3-2-4-6-8/h7-8H,2-6H2,1H3,(H2,11,15)(H2,12,13,14). The summed E-state index contributed by atoms with van der Waals surface area (Å²) in [5.41, 5.74) is 5.41. The van der Waals surface area contributed by atoms with Crippen LogP contribution in [0.2, 0.25) is 0 Å². The molecule has 86 valence electrons. The molecule has 0 saturated heterocycles. The van der Waals surface area contributed by atoms with Gasteiger partial charge in [0.05, 0.1) is 11.0 Å². The first-order valence-corrected chi connectivity index (χ1v) is 5.87. The normalized spacial score (nSPS) is 19.3. The molecule has 4 nitrogen and oxygen atoms in total. The molecule has 0 aliphatic heterocycles. The van der Waals surface area contributed by atoms with E-state index in [1.807, 2.05) is 0 Å². The number of hydrogen-bond donors (Lipinski definition) is 3. The topological polar surface area (TPSA) is 67.2 Å². The lowest BCUT2D eigenvalue weighted by molar-refractivity contribution is 0.232. The van der Waals surface area contributed by atoms with Crippen molar-refractivity contribution in [3.63, 3.8) is 0 Å². The van der Waals surface area contributed by atoms with Crippen LogP contribution in [-0.2, 0) is 0 Å². The summed E-state index contributed by atoms with van der Waals surface area (Å²) in [5, 5.41) is 5.65. The molecule has 0 radical (unpaired) electrons. The van der Waals surface area contributed by atoms with Gasteiger partial charge >= 0.3 is 6.03 Å². The molecule has 5 heteroatoms. The minimum atomic E-state index is -0.247. The van der Waals surface area contributed by atoms with Crippen LogP contribution in [0.1, 0.15) is 39.0 Å². The average Bonchev–Trinajstić information content (AvgIpc) is 2.18. The van der Waals surface area contributed by atoms with Crippen LogP contribution < -0.4 is 16.4 Å². The van der Waals surface area contributed by atoms with E-state index in [2.05, 4.69) is 10.6 Å². The van der Waals surface area contributed by atoms with Gasteiger partial charge in [0.1, 0.15) is 0 Å². The van der Waals surface area contributed by atoms with E-state index in [1.54, 1.807) is 6.92 Å². The van der Waals surface area contributed by atoms with Gasteiger partial charge in [0.15, 0.2) is 0 Å². The summed E-state index contributed by atoms with van der Waals surface area (Å²) in [6.45, 7) is 1.78. The van der Waals surface area contributed by atoms with Crippen LogP contribution in [0.4, 0.5) is 4.79 Å². The van der Waals surface area contributed by atoms with Crippen molar-refractivity contribution in [1.82, 2.24) is 10.6 Å². The fourth-order valence-corrected chi connectivity index (χ4v) is 1.80.